The number of nitrogens with two attached hydrogens (primary N) is 1. The summed E-state index contributed by atoms with van der Waals surface area (Å²) in [5.41, 5.74) is 4.76. The van der Waals surface area contributed by atoms with Gasteiger partial charge in [0.1, 0.15) is 11.6 Å². The van der Waals surface area contributed by atoms with E-state index in [9.17, 15) is 19.6 Å². The van der Waals surface area contributed by atoms with Crippen LogP contribution in [0.5, 0.6) is 5.75 Å². The highest BCUT2D eigenvalue weighted by Gasteiger charge is 2.21. The minimum absolute atomic E-state index is 0.0686. The number of nitro benzene ring substituents is 1. The standard InChI is InChI=1S/C9H7FN4O3/c10-4-1-5(6-3-8(11)13-12-6)9(15)7(2-4)14(16)17/h1-3,15H,(H3,11,12,13). The van der Waals surface area contributed by atoms with Crippen molar-refractivity contribution in [2.75, 3.05) is 5.73 Å². The maximum Gasteiger partial charge on any atom is 0.314 e. The number of H-pyrrole nitrogens is 1. The van der Waals surface area contributed by atoms with E-state index in [-0.39, 0.29) is 17.1 Å². The average Bonchev–Trinajstić information content (AvgIpc) is 2.67. The van der Waals surface area contributed by atoms with Gasteiger partial charge >= 0.3 is 5.69 Å². The van der Waals surface area contributed by atoms with E-state index in [4.69, 9.17) is 5.73 Å². The lowest BCUT2D eigenvalue weighted by Crippen LogP contribution is -1.92. The number of rotatable bonds is 2. The van der Waals surface area contributed by atoms with Crippen molar-refractivity contribution < 1.29 is 14.4 Å². The number of benzene rings is 1. The number of phenolic OH excluding ortho intramolecular Hbond substituents is 1. The van der Waals surface area contributed by atoms with Crippen LogP contribution in [0.4, 0.5) is 15.9 Å². The van der Waals surface area contributed by atoms with Crippen LogP contribution in [0.15, 0.2) is 18.2 Å². The van der Waals surface area contributed by atoms with Crippen molar-refractivity contribution in [1.82, 2.24) is 10.2 Å². The number of nitrogens with one attached hydrogen (secondary N) is 1. The highest BCUT2D eigenvalue weighted by Crippen LogP contribution is 2.37. The molecule has 0 bridgehead atoms. The van der Waals surface area contributed by atoms with Crippen molar-refractivity contribution in [3.63, 3.8) is 0 Å². The first-order valence-corrected chi connectivity index (χ1v) is 4.47. The maximum atomic E-state index is 13.2. The van der Waals surface area contributed by atoms with Crippen molar-refractivity contribution in [1.29, 1.82) is 0 Å². The van der Waals surface area contributed by atoms with E-state index in [1.54, 1.807) is 0 Å². The van der Waals surface area contributed by atoms with E-state index in [2.05, 4.69) is 10.2 Å². The Morgan fingerprint density at radius 1 is 1.47 bits per heavy atom. The largest absolute Gasteiger partial charge is 0.502 e. The van der Waals surface area contributed by atoms with Crippen LogP contribution in [0.3, 0.4) is 0 Å². The number of halogens is 1. The molecule has 0 radical (unpaired) electrons. The summed E-state index contributed by atoms with van der Waals surface area (Å²) in [6.45, 7) is 0. The lowest BCUT2D eigenvalue weighted by Gasteiger charge is -2.02. The Bertz CT molecular complexity index is 596. The monoisotopic (exact) mass is 238 g/mol. The van der Waals surface area contributed by atoms with Gasteiger partial charge in [0.2, 0.25) is 5.75 Å². The predicted molar refractivity (Wildman–Crippen MR) is 56.7 cm³/mol. The summed E-state index contributed by atoms with van der Waals surface area (Å²) in [5.74, 6) is -1.34. The summed E-state index contributed by atoms with van der Waals surface area (Å²) in [6.07, 6.45) is 0. The van der Waals surface area contributed by atoms with Crippen molar-refractivity contribution in [2.45, 2.75) is 0 Å². The number of anilines is 1. The van der Waals surface area contributed by atoms with Crippen LogP contribution in [0.1, 0.15) is 0 Å². The number of nitro groups is 1. The first kappa shape index (κ1) is 10.9. The van der Waals surface area contributed by atoms with Crippen LogP contribution < -0.4 is 5.73 Å². The van der Waals surface area contributed by atoms with Crippen molar-refractivity contribution in [3.05, 3.63) is 34.1 Å². The number of phenols is 1. The molecule has 0 aliphatic carbocycles. The fourth-order valence-electron chi connectivity index (χ4n) is 1.40. The second-order valence-corrected chi connectivity index (χ2v) is 3.28. The van der Waals surface area contributed by atoms with Crippen LogP contribution in [0, 0.1) is 15.9 Å². The number of nitrogen functional groups attached to an aromatic ring is 1. The number of nitrogens with zero attached hydrogens (tertiary/aromatic N) is 2. The Balaban J connectivity index is 2.66. The molecule has 88 valence electrons. The van der Waals surface area contributed by atoms with Gasteiger partial charge in [0.15, 0.2) is 0 Å². The van der Waals surface area contributed by atoms with Gasteiger partial charge in [0.25, 0.3) is 0 Å². The molecule has 17 heavy (non-hydrogen) atoms. The molecular formula is C9H7FN4O3. The molecule has 0 unspecified atom stereocenters. The second-order valence-electron chi connectivity index (χ2n) is 3.28. The van der Waals surface area contributed by atoms with E-state index < -0.39 is 22.2 Å². The molecule has 0 aliphatic rings. The first-order valence-electron chi connectivity index (χ1n) is 4.47. The molecule has 0 atom stereocenters. The summed E-state index contributed by atoms with van der Waals surface area (Å²) < 4.78 is 13.2. The second kappa shape index (κ2) is 3.74. The van der Waals surface area contributed by atoms with Crippen molar-refractivity contribution in [3.8, 4) is 17.0 Å². The van der Waals surface area contributed by atoms with E-state index in [1.807, 2.05) is 0 Å². The molecule has 8 heteroatoms. The normalized spacial score (nSPS) is 10.4. The van der Waals surface area contributed by atoms with Crippen LogP contribution in [0.25, 0.3) is 11.3 Å². The third kappa shape index (κ3) is 1.87. The molecule has 4 N–H and O–H groups in total. The number of hydrogen-bond donors (Lipinski definition) is 3. The fraction of sp³-hybridized carbons (Fsp3) is 0. The third-order valence-electron chi connectivity index (χ3n) is 2.14. The maximum absolute atomic E-state index is 13.2. The first-order chi connectivity index (χ1) is 7.99. The molecule has 0 saturated carbocycles. The highest BCUT2D eigenvalue weighted by molar-refractivity contribution is 5.73. The molecule has 1 aromatic heterocycles. The zero-order valence-corrected chi connectivity index (χ0v) is 8.35. The van der Waals surface area contributed by atoms with Gasteiger partial charge in [-0.1, -0.05) is 0 Å². The molecule has 0 fully saturated rings. The highest BCUT2D eigenvalue weighted by atomic mass is 19.1. The Morgan fingerprint density at radius 3 is 2.71 bits per heavy atom. The van der Waals surface area contributed by atoms with Gasteiger partial charge in [-0.2, -0.15) is 5.10 Å². The van der Waals surface area contributed by atoms with Crippen LogP contribution in [-0.4, -0.2) is 20.2 Å². The lowest BCUT2D eigenvalue weighted by atomic mass is 10.1. The Morgan fingerprint density at radius 2 is 2.18 bits per heavy atom. The van der Waals surface area contributed by atoms with E-state index in [1.165, 1.54) is 6.07 Å². The SMILES string of the molecule is Nc1cc(-c2cc(F)cc([N+](=O)[O-])c2O)[nH]n1. The van der Waals surface area contributed by atoms with Crippen LogP contribution in [0.2, 0.25) is 0 Å². The summed E-state index contributed by atoms with van der Waals surface area (Å²) in [5, 5.41) is 26.3. The molecule has 2 rings (SSSR count). The van der Waals surface area contributed by atoms with Gasteiger partial charge in [0.05, 0.1) is 22.2 Å². The number of aromatic hydroxyl groups is 1. The van der Waals surface area contributed by atoms with Gasteiger partial charge in [-0.3, -0.25) is 15.2 Å². The molecule has 7 nitrogen and oxygen atoms in total. The molecule has 0 saturated heterocycles. The van der Waals surface area contributed by atoms with E-state index in [0.717, 1.165) is 6.07 Å². The Hall–Kier alpha value is -2.64. The molecule has 0 spiro atoms. The predicted octanol–water partition coefficient (Wildman–Crippen LogP) is 1.41. The van der Waals surface area contributed by atoms with Crippen LogP contribution in [-0.2, 0) is 0 Å². The lowest BCUT2D eigenvalue weighted by molar-refractivity contribution is -0.386. The van der Waals surface area contributed by atoms with Crippen LogP contribution >= 0.6 is 0 Å². The average molecular weight is 238 g/mol. The van der Waals surface area contributed by atoms with Crippen molar-refractivity contribution >= 4 is 11.5 Å². The van der Waals surface area contributed by atoms with Gasteiger partial charge in [-0.25, -0.2) is 4.39 Å². The quantitative estimate of drug-likeness (QED) is 0.540. The minimum atomic E-state index is -0.873. The Labute approximate surface area is 93.8 Å². The summed E-state index contributed by atoms with van der Waals surface area (Å²) in [7, 11) is 0. The zero-order chi connectivity index (χ0) is 12.6. The van der Waals surface area contributed by atoms with Gasteiger partial charge < -0.3 is 10.8 Å². The smallest absolute Gasteiger partial charge is 0.314 e. The number of aromatic nitrogens is 2. The summed E-state index contributed by atoms with van der Waals surface area (Å²) >= 11 is 0. The third-order valence-corrected chi connectivity index (χ3v) is 2.14. The van der Waals surface area contributed by atoms with Gasteiger partial charge in [0, 0.05) is 6.07 Å². The molecule has 1 heterocycles. The topological polar surface area (TPSA) is 118 Å². The number of hydrogen-bond acceptors (Lipinski definition) is 5. The minimum Gasteiger partial charge on any atom is -0.502 e. The van der Waals surface area contributed by atoms with Crippen molar-refractivity contribution in [2.24, 2.45) is 0 Å². The van der Waals surface area contributed by atoms with Gasteiger partial charge in [-0.05, 0) is 6.07 Å². The molecular weight excluding hydrogens is 231 g/mol. The molecule has 0 aliphatic heterocycles. The molecule has 2 aromatic rings. The van der Waals surface area contributed by atoms with Gasteiger partial charge in [-0.15, -0.1) is 0 Å². The fourth-order valence-corrected chi connectivity index (χ4v) is 1.40. The van der Waals surface area contributed by atoms with E-state index >= 15 is 0 Å². The zero-order valence-electron chi connectivity index (χ0n) is 8.35. The summed E-state index contributed by atoms with van der Waals surface area (Å²) in [4.78, 5) is 9.72. The summed E-state index contributed by atoms with van der Waals surface area (Å²) in [6, 6.07) is 2.92. The molecule has 1 aromatic carbocycles. The number of aromatic amines is 1. The van der Waals surface area contributed by atoms with E-state index in [0.29, 0.717) is 6.07 Å². The molecule has 0 amide bonds. The Kier molecular flexibility index (Phi) is 2.39.